The van der Waals surface area contributed by atoms with Crippen LogP contribution in [-0.4, -0.2) is 23.9 Å². The number of ether oxygens (including phenoxy) is 1. The normalized spacial score (nSPS) is 43.0. The molecule has 2 aliphatic rings. The average Bonchev–Trinajstić information content (AvgIpc) is 2.39. The molecule has 1 aliphatic carbocycles. The first-order chi connectivity index (χ1) is 5.75. The summed E-state index contributed by atoms with van der Waals surface area (Å²) >= 11 is 0. The maximum absolute atomic E-state index is 9.29. The zero-order valence-corrected chi connectivity index (χ0v) is 7.70. The van der Waals surface area contributed by atoms with E-state index in [2.05, 4.69) is 0 Å². The van der Waals surface area contributed by atoms with Crippen LogP contribution in [0.4, 0.5) is 0 Å². The zero-order valence-electron chi connectivity index (χ0n) is 7.70. The monoisotopic (exact) mass is 170 g/mol. The highest BCUT2D eigenvalue weighted by molar-refractivity contribution is 4.86. The van der Waals surface area contributed by atoms with Crippen LogP contribution in [0.25, 0.3) is 0 Å². The number of aliphatic hydroxyl groups is 1. The van der Waals surface area contributed by atoms with Crippen LogP contribution in [0.3, 0.4) is 0 Å². The Morgan fingerprint density at radius 1 is 1.50 bits per heavy atom. The number of fused-ring (bicyclic) bond motifs is 2. The molecule has 1 aliphatic heterocycles. The largest absolute Gasteiger partial charge is 0.393 e. The predicted octanol–water partition coefficient (Wildman–Crippen LogP) is 1.57. The van der Waals surface area contributed by atoms with Crippen molar-refractivity contribution in [2.45, 2.75) is 44.8 Å². The number of aliphatic hydroxyl groups excluding tert-OH is 1. The molecule has 2 nitrogen and oxygen atoms in total. The van der Waals surface area contributed by atoms with Gasteiger partial charge in [-0.25, -0.2) is 0 Å². The lowest BCUT2D eigenvalue weighted by Crippen LogP contribution is -2.24. The van der Waals surface area contributed by atoms with E-state index in [0.717, 1.165) is 24.9 Å². The van der Waals surface area contributed by atoms with Gasteiger partial charge in [-0.05, 0) is 44.4 Å². The molecule has 4 unspecified atom stereocenters. The molecule has 0 aromatic heterocycles. The van der Waals surface area contributed by atoms with E-state index < -0.39 is 0 Å². The maximum atomic E-state index is 9.29. The molecule has 2 fully saturated rings. The Morgan fingerprint density at radius 2 is 2.33 bits per heavy atom. The van der Waals surface area contributed by atoms with E-state index >= 15 is 0 Å². The van der Waals surface area contributed by atoms with Crippen molar-refractivity contribution in [1.29, 1.82) is 0 Å². The summed E-state index contributed by atoms with van der Waals surface area (Å²) in [6, 6.07) is 0. The molecule has 70 valence electrons. The van der Waals surface area contributed by atoms with Gasteiger partial charge in [0.15, 0.2) is 0 Å². The van der Waals surface area contributed by atoms with Crippen molar-refractivity contribution in [2.75, 3.05) is 6.61 Å². The third-order valence-corrected chi connectivity index (χ3v) is 3.28. The summed E-state index contributed by atoms with van der Waals surface area (Å²) in [6.07, 6.45) is 5.12. The van der Waals surface area contributed by atoms with E-state index in [9.17, 15) is 5.11 Å². The second kappa shape index (κ2) is 3.35. The molecule has 2 rings (SSSR count). The summed E-state index contributed by atoms with van der Waals surface area (Å²) in [6.45, 7) is 2.84. The third-order valence-electron chi connectivity index (χ3n) is 3.28. The number of rotatable bonds is 2. The molecular formula is C10H18O2. The van der Waals surface area contributed by atoms with E-state index in [1.54, 1.807) is 0 Å². The molecule has 0 aromatic rings. The van der Waals surface area contributed by atoms with Gasteiger partial charge in [-0.3, -0.25) is 0 Å². The lowest BCUT2D eigenvalue weighted by atomic mass is 9.78. The number of hydrogen-bond donors (Lipinski definition) is 1. The summed E-state index contributed by atoms with van der Waals surface area (Å²) in [5, 5.41) is 9.29. The van der Waals surface area contributed by atoms with Gasteiger partial charge in [-0.2, -0.15) is 0 Å². The highest BCUT2D eigenvalue weighted by Gasteiger charge is 2.36. The molecule has 1 heterocycles. The minimum absolute atomic E-state index is 0.132. The first kappa shape index (κ1) is 8.52. The molecule has 0 radical (unpaired) electrons. The fourth-order valence-corrected chi connectivity index (χ4v) is 2.65. The van der Waals surface area contributed by atoms with Crippen molar-refractivity contribution in [2.24, 2.45) is 11.8 Å². The second-order valence-electron chi connectivity index (χ2n) is 4.37. The van der Waals surface area contributed by atoms with E-state index in [1.165, 1.54) is 19.3 Å². The van der Waals surface area contributed by atoms with Crippen molar-refractivity contribution < 1.29 is 9.84 Å². The second-order valence-corrected chi connectivity index (χ2v) is 4.37. The minimum Gasteiger partial charge on any atom is -0.393 e. The van der Waals surface area contributed by atoms with E-state index in [4.69, 9.17) is 4.74 Å². The molecule has 0 spiro atoms. The van der Waals surface area contributed by atoms with Crippen LogP contribution in [0.15, 0.2) is 0 Å². The Kier molecular flexibility index (Phi) is 2.37. The van der Waals surface area contributed by atoms with E-state index in [0.29, 0.717) is 6.10 Å². The standard InChI is InChI=1S/C10H18O2/c1-7(11)4-8-2-3-10-5-9(8)6-12-10/h7-11H,2-6H2,1H3. The summed E-state index contributed by atoms with van der Waals surface area (Å²) < 4.78 is 5.61. The van der Waals surface area contributed by atoms with Crippen LogP contribution in [0.5, 0.6) is 0 Å². The van der Waals surface area contributed by atoms with Crippen molar-refractivity contribution in [3.63, 3.8) is 0 Å². The molecule has 2 heteroatoms. The fraction of sp³-hybridized carbons (Fsp3) is 1.00. The summed E-state index contributed by atoms with van der Waals surface area (Å²) in [7, 11) is 0. The first-order valence-electron chi connectivity index (χ1n) is 5.05. The quantitative estimate of drug-likeness (QED) is 0.681. The summed E-state index contributed by atoms with van der Waals surface area (Å²) in [5.74, 6) is 1.47. The summed E-state index contributed by atoms with van der Waals surface area (Å²) in [5.41, 5.74) is 0. The topological polar surface area (TPSA) is 29.5 Å². The predicted molar refractivity (Wildman–Crippen MR) is 46.9 cm³/mol. The lowest BCUT2D eigenvalue weighted by molar-refractivity contribution is 0.105. The SMILES string of the molecule is CC(O)CC1CCC2CC1CO2. The van der Waals surface area contributed by atoms with Gasteiger partial charge in [0.25, 0.3) is 0 Å². The van der Waals surface area contributed by atoms with Gasteiger partial charge in [-0.1, -0.05) is 0 Å². The van der Waals surface area contributed by atoms with Crippen LogP contribution in [0.1, 0.15) is 32.6 Å². The van der Waals surface area contributed by atoms with Gasteiger partial charge < -0.3 is 9.84 Å². The average molecular weight is 170 g/mol. The Labute approximate surface area is 73.9 Å². The molecule has 0 aromatic carbocycles. The smallest absolute Gasteiger partial charge is 0.0579 e. The molecular weight excluding hydrogens is 152 g/mol. The van der Waals surface area contributed by atoms with Gasteiger partial charge in [-0.15, -0.1) is 0 Å². The number of hydrogen-bond acceptors (Lipinski definition) is 2. The fourth-order valence-electron chi connectivity index (χ4n) is 2.65. The summed E-state index contributed by atoms with van der Waals surface area (Å²) in [4.78, 5) is 0. The Balaban J connectivity index is 1.89. The van der Waals surface area contributed by atoms with Crippen molar-refractivity contribution in [3.05, 3.63) is 0 Å². The Morgan fingerprint density at radius 3 is 3.08 bits per heavy atom. The van der Waals surface area contributed by atoms with Crippen LogP contribution >= 0.6 is 0 Å². The van der Waals surface area contributed by atoms with Gasteiger partial charge in [0, 0.05) is 0 Å². The van der Waals surface area contributed by atoms with Crippen LogP contribution in [0, 0.1) is 11.8 Å². The first-order valence-corrected chi connectivity index (χ1v) is 5.05. The van der Waals surface area contributed by atoms with E-state index in [-0.39, 0.29) is 6.10 Å². The molecule has 1 N–H and O–H groups in total. The van der Waals surface area contributed by atoms with Gasteiger partial charge in [0.05, 0.1) is 18.8 Å². The van der Waals surface area contributed by atoms with Crippen molar-refractivity contribution in [3.8, 4) is 0 Å². The molecule has 12 heavy (non-hydrogen) atoms. The van der Waals surface area contributed by atoms with Crippen LogP contribution in [0.2, 0.25) is 0 Å². The zero-order chi connectivity index (χ0) is 8.55. The lowest BCUT2D eigenvalue weighted by Gasteiger charge is -2.27. The van der Waals surface area contributed by atoms with Crippen molar-refractivity contribution in [1.82, 2.24) is 0 Å². The highest BCUT2D eigenvalue weighted by Crippen LogP contribution is 2.39. The molecule has 4 atom stereocenters. The van der Waals surface area contributed by atoms with Gasteiger partial charge in [0.2, 0.25) is 0 Å². The molecule has 2 bridgehead atoms. The highest BCUT2D eigenvalue weighted by atomic mass is 16.5. The molecule has 1 saturated heterocycles. The Hall–Kier alpha value is -0.0800. The van der Waals surface area contributed by atoms with Crippen LogP contribution in [-0.2, 0) is 4.74 Å². The van der Waals surface area contributed by atoms with E-state index in [1.807, 2.05) is 6.92 Å². The molecule has 1 saturated carbocycles. The third kappa shape index (κ3) is 1.64. The Bertz CT molecular complexity index is 156. The molecule has 0 amide bonds. The van der Waals surface area contributed by atoms with Gasteiger partial charge >= 0.3 is 0 Å². The maximum Gasteiger partial charge on any atom is 0.0579 e. The van der Waals surface area contributed by atoms with Crippen molar-refractivity contribution >= 4 is 0 Å². The van der Waals surface area contributed by atoms with Crippen LogP contribution < -0.4 is 0 Å². The minimum atomic E-state index is -0.132. The van der Waals surface area contributed by atoms with Gasteiger partial charge in [0.1, 0.15) is 0 Å².